The van der Waals surface area contributed by atoms with E-state index in [1.54, 1.807) is 6.20 Å². The Kier molecular flexibility index (Phi) is 8.75. The molecule has 7 heteroatoms. The minimum Gasteiger partial charge on any atom is -0.368 e. The van der Waals surface area contributed by atoms with Crippen LogP contribution < -0.4 is 0 Å². The molecule has 2 aliphatic heterocycles. The maximum absolute atomic E-state index is 13.3. The number of rotatable bonds is 6. The number of benzene rings is 1. The average molecular weight is 470 g/mol. The topological polar surface area (TPSA) is 42.4 Å². The summed E-state index contributed by atoms with van der Waals surface area (Å²) < 4.78 is 0. The first-order valence-corrected chi connectivity index (χ1v) is 12.0. The van der Waals surface area contributed by atoms with Gasteiger partial charge in [-0.05, 0) is 44.0 Å². The van der Waals surface area contributed by atoms with Crippen LogP contribution >= 0.6 is 11.6 Å². The Morgan fingerprint density at radius 2 is 1.64 bits per heavy atom. The SMILES string of the molecule is C=CN=C(C)N1CCN(Cc2ccc(C)c(C(=O)N3CCN(C(=C)/C=C(\C)Cl)CC3)c2)CC1. The van der Waals surface area contributed by atoms with Crippen molar-refractivity contribution in [3.63, 3.8) is 0 Å². The molecule has 178 valence electrons. The maximum Gasteiger partial charge on any atom is 0.254 e. The van der Waals surface area contributed by atoms with Crippen molar-refractivity contribution in [2.24, 2.45) is 4.99 Å². The smallest absolute Gasteiger partial charge is 0.254 e. The Morgan fingerprint density at radius 3 is 2.24 bits per heavy atom. The van der Waals surface area contributed by atoms with E-state index in [-0.39, 0.29) is 5.91 Å². The van der Waals surface area contributed by atoms with E-state index < -0.39 is 0 Å². The zero-order valence-electron chi connectivity index (χ0n) is 20.2. The molecule has 0 bridgehead atoms. The molecule has 6 nitrogen and oxygen atoms in total. The highest BCUT2D eigenvalue weighted by Crippen LogP contribution is 2.19. The van der Waals surface area contributed by atoms with E-state index in [9.17, 15) is 4.79 Å². The molecule has 0 saturated carbocycles. The molecule has 0 atom stereocenters. The molecular weight excluding hydrogens is 434 g/mol. The van der Waals surface area contributed by atoms with Gasteiger partial charge in [-0.25, -0.2) is 4.99 Å². The van der Waals surface area contributed by atoms with Gasteiger partial charge in [0.05, 0.1) is 0 Å². The van der Waals surface area contributed by atoms with Crippen LogP contribution in [0.15, 0.2) is 59.4 Å². The van der Waals surface area contributed by atoms with Gasteiger partial charge >= 0.3 is 0 Å². The van der Waals surface area contributed by atoms with Gasteiger partial charge in [0.1, 0.15) is 5.84 Å². The zero-order chi connectivity index (χ0) is 24.0. The van der Waals surface area contributed by atoms with Crippen LogP contribution in [0.5, 0.6) is 0 Å². The van der Waals surface area contributed by atoms with E-state index in [4.69, 9.17) is 11.6 Å². The summed E-state index contributed by atoms with van der Waals surface area (Å²) in [6.45, 7) is 21.3. The summed E-state index contributed by atoms with van der Waals surface area (Å²) in [7, 11) is 0. The van der Waals surface area contributed by atoms with Gasteiger partial charge in [-0.2, -0.15) is 0 Å². The standard InChI is InChI=1S/C26H36ClN5O/c1-6-28-23(5)31-11-9-29(10-12-31)19-24-8-7-20(2)25(18-24)26(33)32-15-13-30(14-16-32)22(4)17-21(3)27/h6-8,17-18H,1,4,9-16,19H2,2-3,5H3/b21-17+,28-23?. The van der Waals surface area contributed by atoms with Crippen molar-refractivity contribution in [3.8, 4) is 0 Å². The fourth-order valence-corrected chi connectivity index (χ4v) is 4.51. The van der Waals surface area contributed by atoms with Crippen molar-refractivity contribution in [3.05, 3.63) is 71.1 Å². The van der Waals surface area contributed by atoms with Gasteiger partial charge in [0.15, 0.2) is 0 Å². The van der Waals surface area contributed by atoms with E-state index in [1.807, 2.05) is 31.7 Å². The van der Waals surface area contributed by atoms with Crippen molar-refractivity contribution in [1.29, 1.82) is 0 Å². The summed E-state index contributed by atoms with van der Waals surface area (Å²) in [5.74, 6) is 1.13. The fraction of sp³-hybridized carbons (Fsp3) is 0.462. The van der Waals surface area contributed by atoms with Gasteiger partial charge in [0.2, 0.25) is 0 Å². The summed E-state index contributed by atoms with van der Waals surface area (Å²) in [5, 5.41) is 0.715. The lowest BCUT2D eigenvalue weighted by molar-refractivity contribution is 0.0672. The lowest BCUT2D eigenvalue weighted by Gasteiger charge is -2.37. The van der Waals surface area contributed by atoms with Gasteiger partial charge in [-0.3, -0.25) is 9.69 Å². The third-order valence-electron chi connectivity index (χ3n) is 6.39. The van der Waals surface area contributed by atoms with Crippen molar-refractivity contribution in [1.82, 2.24) is 19.6 Å². The van der Waals surface area contributed by atoms with Crippen molar-refractivity contribution < 1.29 is 4.79 Å². The molecule has 0 N–H and O–H groups in total. The fourth-order valence-electron chi connectivity index (χ4n) is 4.39. The van der Waals surface area contributed by atoms with Crippen LogP contribution in [-0.4, -0.2) is 83.7 Å². The maximum atomic E-state index is 13.3. The largest absolute Gasteiger partial charge is 0.368 e. The van der Waals surface area contributed by atoms with Crippen molar-refractivity contribution in [2.75, 3.05) is 52.4 Å². The minimum absolute atomic E-state index is 0.116. The Morgan fingerprint density at radius 1 is 1.03 bits per heavy atom. The summed E-state index contributed by atoms with van der Waals surface area (Å²) in [6, 6.07) is 6.30. The van der Waals surface area contributed by atoms with Crippen LogP contribution in [0.1, 0.15) is 35.3 Å². The third-order valence-corrected chi connectivity index (χ3v) is 6.49. The van der Waals surface area contributed by atoms with Crippen molar-refractivity contribution in [2.45, 2.75) is 27.3 Å². The number of carbonyl (C=O) groups is 1. The predicted octanol–water partition coefficient (Wildman–Crippen LogP) is 4.09. The summed E-state index contributed by atoms with van der Waals surface area (Å²) in [5.41, 5.74) is 3.92. The summed E-state index contributed by atoms with van der Waals surface area (Å²) in [4.78, 5) is 26.5. The number of hydrogen-bond acceptors (Lipinski definition) is 4. The first kappa shape index (κ1) is 25.1. The number of aliphatic imine (C=N–C) groups is 1. The van der Waals surface area contributed by atoms with Crippen LogP contribution in [0.3, 0.4) is 0 Å². The van der Waals surface area contributed by atoms with Gasteiger partial charge in [-0.1, -0.05) is 36.9 Å². The minimum atomic E-state index is 0.116. The number of piperazine rings is 2. The molecule has 0 aliphatic carbocycles. The Bertz CT molecular complexity index is 934. The predicted molar refractivity (Wildman–Crippen MR) is 138 cm³/mol. The number of nitrogens with zero attached hydrogens (tertiary/aromatic N) is 5. The molecule has 0 radical (unpaired) electrons. The summed E-state index contributed by atoms with van der Waals surface area (Å²) >= 11 is 5.98. The number of halogens is 1. The van der Waals surface area contributed by atoms with Gasteiger partial charge < -0.3 is 14.7 Å². The number of amides is 1. The van der Waals surface area contributed by atoms with Gasteiger partial charge in [0.25, 0.3) is 5.91 Å². The molecule has 2 heterocycles. The van der Waals surface area contributed by atoms with Crippen LogP contribution in [0.25, 0.3) is 0 Å². The van der Waals surface area contributed by atoms with E-state index in [2.05, 4.69) is 51.0 Å². The number of amidine groups is 1. The molecule has 2 aliphatic rings. The second-order valence-corrected chi connectivity index (χ2v) is 9.37. The van der Waals surface area contributed by atoms with Crippen LogP contribution in [0.4, 0.5) is 0 Å². The molecule has 1 aromatic carbocycles. The quantitative estimate of drug-likeness (QED) is 0.357. The van der Waals surface area contributed by atoms with Crippen LogP contribution in [-0.2, 0) is 6.54 Å². The highest BCUT2D eigenvalue weighted by Gasteiger charge is 2.24. The molecule has 0 aromatic heterocycles. The normalized spacial score (nSPS) is 18.5. The van der Waals surface area contributed by atoms with Crippen LogP contribution in [0.2, 0.25) is 0 Å². The molecule has 2 saturated heterocycles. The molecule has 33 heavy (non-hydrogen) atoms. The molecule has 1 amide bonds. The molecule has 1 aromatic rings. The highest BCUT2D eigenvalue weighted by molar-refractivity contribution is 6.29. The summed E-state index contributed by atoms with van der Waals surface area (Å²) in [6.07, 6.45) is 3.47. The number of aryl methyl sites for hydroxylation is 1. The van der Waals surface area contributed by atoms with E-state index in [0.717, 1.165) is 68.5 Å². The molecule has 2 fully saturated rings. The Labute approximate surface area is 203 Å². The number of allylic oxidation sites excluding steroid dienone is 2. The number of carbonyl (C=O) groups excluding carboxylic acids is 1. The van der Waals surface area contributed by atoms with Gasteiger partial charge in [0, 0.05) is 81.4 Å². The first-order valence-electron chi connectivity index (χ1n) is 11.6. The first-order chi connectivity index (χ1) is 15.8. The van der Waals surface area contributed by atoms with Gasteiger partial charge in [-0.15, -0.1) is 0 Å². The Balaban J connectivity index is 1.59. The van der Waals surface area contributed by atoms with Crippen molar-refractivity contribution >= 4 is 23.3 Å². The number of hydrogen-bond donors (Lipinski definition) is 0. The average Bonchev–Trinajstić information content (AvgIpc) is 2.80. The van der Waals surface area contributed by atoms with E-state index >= 15 is 0 Å². The molecule has 0 spiro atoms. The lowest BCUT2D eigenvalue weighted by Crippen LogP contribution is -2.48. The third kappa shape index (κ3) is 6.71. The second-order valence-electron chi connectivity index (χ2n) is 8.77. The molecular formula is C26H36ClN5O. The molecule has 0 unspecified atom stereocenters. The monoisotopic (exact) mass is 469 g/mol. The Hall–Kier alpha value is -2.57. The zero-order valence-corrected chi connectivity index (χ0v) is 20.9. The molecule has 3 rings (SSSR count). The highest BCUT2D eigenvalue weighted by atomic mass is 35.5. The van der Waals surface area contributed by atoms with E-state index in [1.165, 1.54) is 5.56 Å². The second kappa shape index (κ2) is 11.5. The van der Waals surface area contributed by atoms with E-state index in [0.29, 0.717) is 18.1 Å². The lowest BCUT2D eigenvalue weighted by atomic mass is 10.0. The van der Waals surface area contributed by atoms with Crippen LogP contribution in [0, 0.1) is 6.92 Å².